The molecule has 2 amide bonds. The van der Waals surface area contributed by atoms with Gasteiger partial charge < -0.3 is 10.6 Å². The van der Waals surface area contributed by atoms with Crippen LogP contribution in [0.3, 0.4) is 0 Å². The summed E-state index contributed by atoms with van der Waals surface area (Å²) >= 11 is 0. The van der Waals surface area contributed by atoms with Crippen molar-refractivity contribution in [3.05, 3.63) is 95.1 Å². The molecule has 0 aliphatic carbocycles. The van der Waals surface area contributed by atoms with Gasteiger partial charge in [0, 0.05) is 29.9 Å². The second-order valence-electron chi connectivity index (χ2n) is 7.57. The lowest BCUT2D eigenvalue weighted by molar-refractivity contribution is 0.0949. The van der Waals surface area contributed by atoms with Gasteiger partial charge in [-0.15, -0.1) is 9.24 Å². The Bertz CT molecular complexity index is 1060. The number of nitrogens with one attached hydrogen (secondary N) is 2. The Kier molecular flexibility index (Phi) is 8.55. The number of hydrogen-bond donors (Lipinski definition) is 2. The molecule has 1 unspecified atom stereocenters. The summed E-state index contributed by atoms with van der Waals surface area (Å²) in [6.07, 6.45) is 0. The van der Waals surface area contributed by atoms with Gasteiger partial charge in [-0.25, -0.2) is 0 Å². The van der Waals surface area contributed by atoms with E-state index in [1.807, 2.05) is 24.3 Å². The average Bonchev–Trinajstić information content (AvgIpc) is 2.82. The zero-order valence-corrected chi connectivity index (χ0v) is 19.8. The van der Waals surface area contributed by atoms with Crippen molar-refractivity contribution in [2.75, 3.05) is 18.4 Å². The molecule has 6 heteroatoms. The fourth-order valence-corrected chi connectivity index (χ4v) is 3.62. The molecule has 0 bridgehead atoms. The summed E-state index contributed by atoms with van der Waals surface area (Å²) in [6.45, 7) is 7.58. The van der Waals surface area contributed by atoms with E-state index < -0.39 is 0 Å². The summed E-state index contributed by atoms with van der Waals surface area (Å²) in [4.78, 5) is 27.6. The predicted molar refractivity (Wildman–Crippen MR) is 134 cm³/mol. The van der Waals surface area contributed by atoms with Crippen molar-refractivity contribution < 1.29 is 9.59 Å². The molecule has 3 aromatic rings. The number of anilines is 1. The first kappa shape index (κ1) is 23.6. The Balaban J connectivity index is 1.64. The normalized spacial score (nSPS) is 10.8. The quantitative estimate of drug-likeness (QED) is 0.483. The number of benzene rings is 3. The van der Waals surface area contributed by atoms with E-state index in [-0.39, 0.29) is 11.8 Å². The van der Waals surface area contributed by atoms with E-state index in [1.165, 1.54) is 5.56 Å². The van der Waals surface area contributed by atoms with Crippen molar-refractivity contribution in [3.8, 4) is 0 Å². The minimum absolute atomic E-state index is 0.175. The van der Waals surface area contributed by atoms with Crippen LogP contribution in [-0.4, -0.2) is 29.8 Å². The minimum Gasteiger partial charge on any atom is -0.348 e. The van der Waals surface area contributed by atoms with E-state index >= 15 is 0 Å². The highest BCUT2D eigenvalue weighted by atomic mass is 31.0. The van der Waals surface area contributed by atoms with E-state index in [0.29, 0.717) is 23.4 Å². The summed E-state index contributed by atoms with van der Waals surface area (Å²) in [5.74, 6) is -0.385. The maximum Gasteiger partial charge on any atom is 0.255 e. The van der Waals surface area contributed by atoms with Crippen molar-refractivity contribution in [3.63, 3.8) is 0 Å². The molecule has 1 atom stereocenters. The van der Waals surface area contributed by atoms with E-state index in [9.17, 15) is 9.59 Å². The molecule has 0 saturated carbocycles. The van der Waals surface area contributed by atoms with Crippen LogP contribution in [0.4, 0.5) is 5.69 Å². The standard InChI is InChI=1S/C26H30N3O2P/c1-3-29(4-2)18-22-9-6-5-8-21(22)17-27-25(30)20-10-7-11-23(16-20)28-26(31)19-12-14-24(32)15-13-19/h5-16H,3-4,17-18,32H2,1-2H3,(H,27,30)(H,28,31). The van der Waals surface area contributed by atoms with Gasteiger partial charge in [0.2, 0.25) is 0 Å². The zero-order valence-electron chi connectivity index (χ0n) is 18.6. The van der Waals surface area contributed by atoms with Crippen LogP contribution < -0.4 is 15.9 Å². The lowest BCUT2D eigenvalue weighted by atomic mass is 10.1. The van der Waals surface area contributed by atoms with E-state index in [2.05, 4.69) is 50.8 Å². The van der Waals surface area contributed by atoms with Gasteiger partial charge in [0.1, 0.15) is 0 Å². The number of carbonyl (C=O) groups excluding carboxylic acids is 2. The highest BCUT2D eigenvalue weighted by Crippen LogP contribution is 2.15. The molecule has 0 radical (unpaired) electrons. The molecule has 5 nitrogen and oxygen atoms in total. The Labute approximate surface area is 192 Å². The summed E-state index contributed by atoms with van der Waals surface area (Å²) in [5.41, 5.74) is 3.98. The molecule has 0 heterocycles. The number of amides is 2. The van der Waals surface area contributed by atoms with Crippen molar-refractivity contribution in [2.24, 2.45) is 0 Å². The van der Waals surface area contributed by atoms with E-state index in [0.717, 1.165) is 30.5 Å². The first-order valence-electron chi connectivity index (χ1n) is 10.8. The van der Waals surface area contributed by atoms with Gasteiger partial charge in [-0.05, 0) is 59.9 Å². The average molecular weight is 448 g/mol. The second-order valence-corrected chi connectivity index (χ2v) is 8.24. The van der Waals surface area contributed by atoms with Crippen LogP contribution in [0.25, 0.3) is 0 Å². The summed E-state index contributed by atoms with van der Waals surface area (Å²) in [6, 6.07) is 22.4. The third-order valence-corrected chi connectivity index (χ3v) is 5.79. The van der Waals surface area contributed by atoms with Crippen molar-refractivity contribution in [2.45, 2.75) is 26.9 Å². The molecule has 0 saturated heterocycles. The lowest BCUT2D eigenvalue weighted by Gasteiger charge is -2.20. The van der Waals surface area contributed by atoms with Crippen molar-refractivity contribution in [1.29, 1.82) is 0 Å². The number of carbonyl (C=O) groups is 2. The zero-order chi connectivity index (χ0) is 22.9. The number of nitrogens with zero attached hydrogens (tertiary/aromatic N) is 1. The molecule has 0 aromatic heterocycles. The van der Waals surface area contributed by atoms with E-state index in [4.69, 9.17) is 0 Å². The van der Waals surface area contributed by atoms with Crippen LogP contribution in [-0.2, 0) is 13.1 Å². The third-order valence-electron chi connectivity index (χ3n) is 5.40. The number of hydrogen-bond acceptors (Lipinski definition) is 3. The summed E-state index contributed by atoms with van der Waals surface area (Å²) in [7, 11) is 2.59. The first-order valence-corrected chi connectivity index (χ1v) is 11.4. The van der Waals surface area contributed by atoms with Crippen LogP contribution in [0.1, 0.15) is 45.7 Å². The van der Waals surface area contributed by atoms with Crippen LogP contribution in [0, 0.1) is 0 Å². The van der Waals surface area contributed by atoms with Crippen LogP contribution in [0.5, 0.6) is 0 Å². The van der Waals surface area contributed by atoms with Crippen LogP contribution >= 0.6 is 9.24 Å². The van der Waals surface area contributed by atoms with Crippen molar-refractivity contribution in [1.82, 2.24) is 10.2 Å². The fraction of sp³-hybridized carbons (Fsp3) is 0.231. The Morgan fingerprint density at radius 2 is 1.50 bits per heavy atom. The third kappa shape index (κ3) is 6.49. The molecule has 0 spiro atoms. The second kappa shape index (κ2) is 11.6. The SMILES string of the molecule is CCN(CC)Cc1ccccc1CNC(=O)c1cccc(NC(=O)c2ccc(P)cc2)c1. The molecule has 166 valence electrons. The highest BCUT2D eigenvalue weighted by molar-refractivity contribution is 7.27. The van der Waals surface area contributed by atoms with Crippen molar-refractivity contribution >= 4 is 32.0 Å². The molecule has 2 N–H and O–H groups in total. The molecular formula is C26H30N3O2P. The maximum absolute atomic E-state index is 12.8. The Morgan fingerprint density at radius 3 is 2.19 bits per heavy atom. The lowest BCUT2D eigenvalue weighted by Crippen LogP contribution is -2.26. The minimum atomic E-state index is -0.210. The van der Waals surface area contributed by atoms with Crippen LogP contribution in [0.15, 0.2) is 72.8 Å². The smallest absolute Gasteiger partial charge is 0.255 e. The molecule has 0 aliphatic rings. The molecule has 3 rings (SSSR count). The van der Waals surface area contributed by atoms with Gasteiger partial charge in [0.25, 0.3) is 11.8 Å². The first-order chi connectivity index (χ1) is 15.5. The van der Waals surface area contributed by atoms with Gasteiger partial charge in [0.15, 0.2) is 0 Å². The monoisotopic (exact) mass is 447 g/mol. The molecular weight excluding hydrogens is 417 g/mol. The topological polar surface area (TPSA) is 61.4 Å². The number of rotatable bonds is 9. The summed E-state index contributed by atoms with van der Waals surface area (Å²) < 4.78 is 0. The van der Waals surface area contributed by atoms with E-state index in [1.54, 1.807) is 36.4 Å². The molecule has 0 fully saturated rings. The Morgan fingerprint density at radius 1 is 0.812 bits per heavy atom. The molecule has 3 aromatic carbocycles. The van der Waals surface area contributed by atoms with Gasteiger partial charge >= 0.3 is 0 Å². The predicted octanol–water partition coefficient (Wildman–Crippen LogP) is 4.21. The largest absolute Gasteiger partial charge is 0.348 e. The van der Waals surface area contributed by atoms with Crippen LogP contribution in [0.2, 0.25) is 0 Å². The Hall–Kier alpha value is -3.01. The maximum atomic E-state index is 12.8. The fourth-order valence-electron chi connectivity index (χ4n) is 3.43. The molecule has 0 aliphatic heterocycles. The van der Waals surface area contributed by atoms with Gasteiger partial charge in [-0.3, -0.25) is 14.5 Å². The van der Waals surface area contributed by atoms with Gasteiger partial charge in [-0.2, -0.15) is 0 Å². The van der Waals surface area contributed by atoms with Gasteiger partial charge in [-0.1, -0.05) is 56.3 Å². The highest BCUT2D eigenvalue weighted by Gasteiger charge is 2.11. The summed E-state index contributed by atoms with van der Waals surface area (Å²) in [5, 5.41) is 6.88. The van der Waals surface area contributed by atoms with Gasteiger partial charge in [0.05, 0.1) is 0 Å². The molecule has 32 heavy (non-hydrogen) atoms.